The van der Waals surface area contributed by atoms with E-state index in [9.17, 15) is 4.79 Å². The Hall–Kier alpha value is -2.95. The summed E-state index contributed by atoms with van der Waals surface area (Å²) in [5.41, 5.74) is 3.08. The van der Waals surface area contributed by atoms with Gasteiger partial charge in [0.25, 0.3) is 0 Å². The van der Waals surface area contributed by atoms with Crippen LogP contribution in [0, 0.1) is 5.92 Å². The molecule has 2 aliphatic rings. The molecule has 0 spiro atoms. The number of nitrogens with zero attached hydrogens (tertiary/aromatic N) is 3. The third kappa shape index (κ3) is 2.79. The van der Waals surface area contributed by atoms with Crippen LogP contribution >= 0.6 is 0 Å². The summed E-state index contributed by atoms with van der Waals surface area (Å²) in [6, 6.07) is 14.5. The predicted molar refractivity (Wildman–Crippen MR) is 99.6 cm³/mol. The third-order valence-corrected chi connectivity index (χ3v) is 5.28. The van der Waals surface area contributed by atoms with Crippen LogP contribution < -0.4 is 5.32 Å². The van der Waals surface area contributed by atoms with E-state index in [2.05, 4.69) is 19.9 Å². The molecule has 0 bridgehead atoms. The highest BCUT2D eigenvalue weighted by molar-refractivity contribution is 5.97. The van der Waals surface area contributed by atoms with Crippen LogP contribution in [-0.2, 0) is 4.79 Å². The minimum absolute atomic E-state index is 0.0311. The van der Waals surface area contributed by atoms with E-state index >= 15 is 0 Å². The van der Waals surface area contributed by atoms with Crippen LogP contribution in [0.2, 0.25) is 0 Å². The Morgan fingerprint density at radius 2 is 1.85 bits per heavy atom. The molecule has 2 atom stereocenters. The lowest BCUT2D eigenvalue weighted by atomic mass is 10.1. The second-order valence-corrected chi connectivity index (χ2v) is 7.16. The molecule has 26 heavy (non-hydrogen) atoms. The normalized spacial score (nSPS) is 21.4. The van der Waals surface area contributed by atoms with E-state index in [4.69, 9.17) is 0 Å². The van der Waals surface area contributed by atoms with Crippen LogP contribution in [0.3, 0.4) is 0 Å². The summed E-state index contributed by atoms with van der Waals surface area (Å²) in [6.45, 7) is 0. The number of pyridine rings is 1. The number of rotatable bonds is 5. The van der Waals surface area contributed by atoms with E-state index in [0.29, 0.717) is 12.0 Å². The van der Waals surface area contributed by atoms with Gasteiger partial charge >= 0.3 is 0 Å². The first-order chi connectivity index (χ1) is 12.8. The summed E-state index contributed by atoms with van der Waals surface area (Å²) in [5.74, 6) is 1.26. The molecule has 3 aromatic rings. The maximum atomic E-state index is 12.9. The molecule has 0 saturated heterocycles. The SMILES string of the molecule is O=C(Nc1c(-c2ccccc2)ncn1C1CC1)[C@@H]1C[C@H]1c1ccncc1. The van der Waals surface area contributed by atoms with Crippen molar-refractivity contribution < 1.29 is 4.79 Å². The second-order valence-electron chi connectivity index (χ2n) is 7.16. The summed E-state index contributed by atoms with van der Waals surface area (Å²) in [6.07, 6.45) is 8.64. The van der Waals surface area contributed by atoms with Gasteiger partial charge in [-0.2, -0.15) is 0 Å². The highest BCUT2D eigenvalue weighted by Crippen LogP contribution is 2.48. The van der Waals surface area contributed by atoms with Crippen molar-refractivity contribution in [3.05, 3.63) is 66.7 Å². The van der Waals surface area contributed by atoms with E-state index in [1.807, 2.05) is 48.8 Å². The monoisotopic (exact) mass is 344 g/mol. The Kier molecular flexibility index (Phi) is 3.59. The van der Waals surface area contributed by atoms with Crippen molar-refractivity contribution >= 4 is 11.7 Å². The fourth-order valence-corrected chi connectivity index (χ4v) is 3.59. The van der Waals surface area contributed by atoms with Gasteiger partial charge in [0.05, 0.1) is 6.33 Å². The Morgan fingerprint density at radius 3 is 2.58 bits per heavy atom. The maximum absolute atomic E-state index is 12.9. The number of carbonyl (C=O) groups excluding carboxylic acids is 1. The highest BCUT2D eigenvalue weighted by Gasteiger charge is 2.44. The molecule has 5 heteroatoms. The molecule has 2 heterocycles. The number of nitrogens with one attached hydrogen (secondary N) is 1. The summed E-state index contributed by atoms with van der Waals surface area (Å²) in [4.78, 5) is 21.5. The fraction of sp³-hybridized carbons (Fsp3) is 0.286. The van der Waals surface area contributed by atoms with Crippen LogP contribution in [0.5, 0.6) is 0 Å². The van der Waals surface area contributed by atoms with E-state index in [0.717, 1.165) is 36.3 Å². The zero-order chi connectivity index (χ0) is 17.5. The molecule has 1 aromatic carbocycles. The van der Waals surface area contributed by atoms with Crippen molar-refractivity contribution in [1.29, 1.82) is 0 Å². The lowest BCUT2D eigenvalue weighted by Gasteiger charge is -2.11. The number of carbonyl (C=O) groups is 1. The van der Waals surface area contributed by atoms with E-state index in [1.165, 1.54) is 5.56 Å². The van der Waals surface area contributed by atoms with Gasteiger partial charge in [0.1, 0.15) is 11.5 Å². The van der Waals surface area contributed by atoms with Crippen molar-refractivity contribution in [2.75, 3.05) is 5.32 Å². The molecule has 2 fully saturated rings. The standard InChI is InChI=1S/C21H20N4O/c26-21(18-12-17(18)14-8-10-22-11-9-14)24-20-19(15-4-2-1-3-5-15)23-13-25(20)16-6-7-16/h1-5,8-11,13,16-18H,6-7,12H2,(H,24,26)/t17-,18+/m0/s1. The van der Waals surface area contributed by atoms with Gasteiger partial charge in [-0.3, -0.25) is 9.78 Å². The van der Waals surface area contributed by atoms with Crippen molar-refractivity contribution in [1.82, 2.24) is 14.5 Å². The Labute approximate surface area is 152 Å². The minimum Gasteiger partial charge on any atom is -0.314 e. The second kappa shape index (κ2) is 6.09. The van der Waals surface area contributed by atoms with Crippen molar-refractivity contribution in [3.8, 4) is 11.3 Å². The third-order valence-electron chi connectivity index (χ3n) is 5.28. The number of anilines is 1. The highest BCUT2D eigenvalue weighted by atomic mass is 16.2. The Bertz CT molecular complexity index is 931. The Balaban J connectivity index is 1.40. The quantitative estimate of drug-likeness (QED) is 0.760. The van der Waals surface area contributed by atoms with Gasteiger partial charge in [-0.05, 0) is 42.9 Å². The zero-order valence-electron chi connectivity index (χ0n) is 14.4. The van der Waals surface area contributed by atoms with Gasteiger partial charge in [0, 0.05) is 29.9 Å². The molecular formula is C21H20N4O. The topological polar surface area (TPSA) is 59.8 Å². The molecular weight excluding hydrogens is 324 g/mol. The van der Waals surface area contributed by atoms with Gasteiger partial charge in [-0.15, -0.1) is 0 Å². The first kappa shape index (κ1) is 15.3. The van der Waals surface area contributed by atoms with Gasteiger partial charge in [0.15, 0.2) is 0 Å². The molecule has 1 amide bonds. The smallest absolute Gasteiger partial charge is 0.229 e. The van der Waals surface area contributed by atoms with Crippen LogP contribution in [0.4, 0.5) is 5.82 Å². The zero-order valence-corrected chi connectivity index (χ0v) is 14.4. The summed E-state index contributed by atoms with van der Waals surface area (Å²) in [7, 11) is 0. The first-order valence-corrected chi connectivity index (χ1v) is 9.14. The Morgan fingerprint density at radius 1 is 1.08 bits per heavy atom. The molecule has 0 aliphatic heterocycles. The molecule has 0 radical (unpaired) electrons. The van der Waals surface area contributed by atoms with Crippen LogP contribution in [0.15, 0.2) is 61.2 Å². The maximum Gasteiger partial charge on any atom is 0.229 e. The van der Waals surface area contributed by atoms with Gasteiger partial charge < -0.3 is 9.88 Å². The number of amides is 1. The number of hydrogen-bond acceptors (Lipinski definition) is 3. The van der Waals surface area contributed by atoms with Crippen LogP contribution in [-0.4, -0.2) is 20.4 Å². The van der Waals surface area contributed by atoms with Crippen LogP contribution in [0.25, 0.3) is 11.3 Å². The largest absolute Gasteiger partial charge is 0.314 e. The minimum atomic E-state index is 0.0311. The molecule has 1 N–H and O–H groups in total. The predicted octanol–water partition coefficient (Wildman–Crippen LogP) is 4.02. The average Bonchev–Trinajstić information content (AvgIpc) is 3.61. The molecule has 2 aliphatic carbocycles. The molecule has 2 aromatic heterocycles. The summed E-state index contributed by atoms with van der Waals surface area (Å²) in [5, 5.41) is 3.19. The molecule has 2 saturated carbocycles. The lowest BCUT2D eigenvalue weighted by Crippen LogP contribution is -2.17. The van der Waals surface area contributed by atoms with E-state index in [1.54, 1.807) is 12.4 Å². The number of imidazole rings is 1. The summed E-state index contributed by atoms with van der Waals surface area (Å²) < 4.78 is 2.13. The molecule has 5 rings (SSSR count). The van der Waals surface area contributed by atoms with E-state index < -0.39 is 0 Å². The van der Waals surface area contributed by atoms with Crippen molar-refractivity contribution in [3.63, 3.8) is 0 Å². The molecule has 130 valence electrons. The fourth-order valence-electron chi connectivity index (χ4n) is 3.59. The number of aromatic nitrogens is 3. The first-order valence-electron chi connectivity index (χ1n) is 9.14. The van der Waals surface area contributed by atoms with Crippen LogP contribution in [0.1, 0.15) is 36.8 Å². The van der Waals surface area contributed by atoms with E-state index in [-0.39, 0.29) is 11.8 Å². The molecule has 0 unspecified atom stereocenters. The van der Waals surface area contributed by atoms with Gasteiger partial charge in [-0.25, -0.2) is 4.98 Å². The van der Waals surface area contributed by atoms with Crippen molar-refractivity contribution in [2.45, 2.75) is 31.2 Å². The molecule has 5 nitrogen and oxygen atoms in total. The number of benzene rings is 1. The number of hydrogen-bond donors (Lipinski definition) is 1. The average molecular weight is 344 g/mol. The lowest BCUT2D eigenvalue weighted by molar-refractivity contribution is -0.117. The summed E-state index contributed by atoms with van der Waals surface area (Å²) >= 11 is 0. The van der Waals surface area contributed by atoms with Crippen molar-refractivity contribution in [2.24, 2.45) is 5.92 Å². The van der Waals surface area contributed by atoms with Gasteiger partial charge in [-0.1, -0.05) is 30.3 Å². The van der Waals surface area contributed by atoms with Gasteiger partial charge in [0.2, 0.25) is 5.91 Å².